The molecule has 0 bridgehead atoms. The van der Waals surface area contributed by atoms with Gasteiger partial charge in [-0.2, -0.15) is 10.5 Å². The van der Waals surface area contributed by atoms with Crippen LogP contribution >= 0.6 is 0 Å². The predicted molar refractivity (Wildman–Crippen MR) is 202 cm³/mol. The van der Waals surface area contributed by atoms with Crippen LogP contribution in [-0.2, 0) is 0 Å². The van der Waals surface area contributed by atoms with E-state index in [9.17, 15) is 10.5 Å². The van der Waals surface area contributed by atoms with Crippen LogP contribution in [0.3, 0.4) is 0 Å². The van der Waals surface area contributed by atoms with Gasteiger partial charge in [-0.25, -0.2) is 4.85 Å². The maximum absolute atomic E-state index is 10.1. The molecule has 9 rings (SSSR count). The number of nitriles is 2. The van der Waals surface area contributed by atoms with Crippen molar-refractivity contribution in [2.75, 3.05) is 0 Å². The van der Waals surface area contributed by atoms with Gasteiger partial charge in [0, 0.05) is 27.2 Å². The van der Waals surface area contributed by atoms with Crippen LogP contribution in [-0.4, -0.2) is 9.13 Å². The molecule has 0 fully saturated rings. The van der Waals surface area contributed by atoms with Gasteiger partial charge in [-0.05, 0) is 76.9 Å². The number of nitrogens with zero attached hydrogens (tertiary/aromatic N) is 5. The highest BCUT2D eigenvalue weighted by Crippen LogP contribution is 2.44. The Bertz CT molecular complexity index is 2960. The summed E-state index contributed by atoms with van der Waals surface area (Å²) in [5, 5.41) is 23.6. The fraction of sp³-hybridized carbons (Fsp3) is 0. The van der Waals surface area contributed by atoms with Gasteiger partial charge in [-0.15, -0.1) is 0 Å². The Balaban J connectivity index is 1.24. The minimum Gasteiger partial charge on any atom is -0.318 e. The minimum atomic E-state index is 0.531. The van der Waals surface area contributed by atoms with E-state index in [1.54, 1.807) is 0 Å². The van der Waals surface area contributed by atoms with E-state index < -0.39 is 0 Å². The number of hydrogen-bond acceptors (Lipinski definition) is 2. The summed E-state index contributed by atoms with van der Waals surface area (Å²) in [6, 6.07) is 55.5. The molecule has 0 saturated carbocycles. The Labute approximate surface area is 288 Å². The highest BCUT2D eigenvalue weighted by molar-refractivity contribution is 6.13. The zero-order chi connectivity index (χ0) is 33.8. The van der Waals surface area contributed by atoms with Crippen molar-refractivity contribution >= 4 is 49.3 Å². The molecule has 0 spiro atoms. The van der Waals surface area contributed by atoms with Crippen molar-refractivity contribution in [2.45, 2.75) is 0 Å². The van der Waals surface area contributed by atoms with Gasteiger partial charge in [-0.1, -0.05) is 97.1 Å². The number of fused-ring (bicyclic) bond motifs is 6. The Hall–Kier alpha value is -7.39. The molecular weight excluding hydrogens is 611 g/mol. The van der Waals surface area contributed by atoms with Crippen LogP contribution in [0.5, 0.6) is 0 Å². The van der Waals surface area contributed by atoms with Gasteiger partial charge in [0.15, 0.2) is 0 Å². The molecule has 2 aromatic heterocycles. The second-order valence-corrected chi connectivity index (χ2v) is 12.2. The quantitative estimate of drug-likeness (QED) is 0.181. The molecule has 0 amide bonds. The normalized spacial score (nSPS) is 11.1. The molecule has 50 heavy (non-hydrogen) atoms. The molecule has 0 unspecified atom stereocenters. The zero-order valence-corrected chi connectivity index (χ0v) is 26.7. The highest BCUT2D eigenvalue weighted by atomic mass is 15.0. The molecule has 0 saturated heterocycles. The first-order chi connectivity index (χ1) is 24.7. The standard InChI is InChI=1S/C45H25N5/c1-48-39-16-9-15-36(45(39)50-41-18-7-5-14-37(41)44-31(28-47)10-8-19-43(44)50)34-12-3-2-11-33(34)30-21-23-32(24-22-30)49-40-17-6-4-13-35(40)38-26-29(27-46)20-25-42(38)49/h2-26H. The lowest BCUT2D eigenvalue weighted by molar-refractivity contribution is 1.18. The van der Waals surface area contributed by atoms with Gasteiger partial charge in [0.25, 0.3) is 0 Å². The topological polar surface area (TPSA) is 61.8 Å². The van der Waals surface area contributed by atoms with E-state index in [-0.39, 0.29) is 0 Å². The van der Waals surface area contributed by atoms with E-state index >= 15 is 0 Å². The Morgan fingerprint density at radius 2 is 1.14 bits per heavy atom. The largest absolute Gasteiger partial charge is 0.318 e. The van der Waals surface area contributed by atoms with Crippen LogP contribution in [0, 0.1) is 29.2 Å². The van der Waals surface area contributed by atoms with Crippen LogP contribution < -0.4 is 0 Å². The van der Waals surface area contributed by atoms with E-state index in [1.807, 2.05) is 91.0 Å². The summed E-state index contributed by atoms with van der Waals surface area (Å²) < 4.78 is 4.39. The van der Waals surface area contributed by atoms with E-state index in [0.717, 1.165) is 77.2 Å². The maximum Gasteiger partial charge on any atom is 0.211 e. The predicted octanol–water partition coefficient (Wildman–Crippen LogP) is 11.5. The van der Waals surface area contributed by atoms with Gasteiger partial charge < -0.3 is 9.13 Å². The molecule has 0 aliphatic rings. The van der Waals surface area contributed by atoms with Gasteiger partial charge >= 0.3 is 0 Å². The SMILES string of the molecule is [C-]#[N+]c1cccc(-c2ccccc2-c2ccc(-n3c4ccccc4c4cc(C#N)ccc43)cc2)c1-n1c2ccccc2c2c(C#N)cccc21. The third-order valence-corrected chi connectivity index (χ3v) is 9.63. The summed E-state index contributed by atoms with van der Waals surface area (Å²) in [7, 11) is 0. The lowest BCUT2D eigenvalue weighted by Gasteiger charge is -2.19. The number of benzene rings is 7. The second-order valence-electron chi connectivity index (χ2n) is 12.2. The third-order valence-electron chi connectivity index (χ3n) is 9.63. The Morgan fingerprint density at radius 3 is 1.90 bits per heavy atom. The van der Waals surface area contributed by atoms with Crippen molar-refractivity contribution in [1.82, 2.24) is 9.13 Å². The summed E-state index contributed by atoms with van der Waals surface area (Å²) in [6.45, 7) is 8.23. The number of rotatable bonds is 4. The number of para-hydroxylation sites is 3. The van der Waals surface area contributed by atoms with Gasteiger partial charge in [0.05, 0.1) is 57.6 Å². The molecule has 0 radical (unpaired) electrons. The van der Waals surface area contributed by atoms with Crippen molar-refractivity contribution < 1.29 is 0 Å². The third kappa shape index (κ3) is 4.24. The average molecular weight is 636 g/mol. The average Bonchev–Trinajstić information content (AvgIpc) is 3.70. The number of hydrogen-bond donors (Lipinski definition) is 0. The van der Waals surface area contributed by atoms with Crippen LogP contribution in [0.15, 0.2) is 152 Å². The van der Waals surface area contributed by atoms with Crippen molar-refractivity contribution in [1.29, 1.82) is 10.5 Å². The smallest absolute Gasteiger partial charge is 0.211 e. The lowest BCUT2D eigenvalue weighted by Crippen LogP contribution is -1.99. The molecule has 0 N–H and O–H groups in total. The maximum atomic E-state index is 10.1. The van der Waals surface area contributed by atoms with Crippen LogP contribution in [0.25, 0.3) is 82.1 Å². The second kappa shape index (κ2) is 11.4. The fourth-order valence-corrected chi connectivity index (χ4v) is 7.51. The molecule has 0 aliphatic heterocycles. The van der Waals surface area contributed by atoms with Crippen molar-refractivity contribution in [3.8, 4) is 45.8 Å². The molecule has 5 nitrogen and oxygen atoms in total. The summed E-state index contributed by atoms with van der Waals surface area (Å²) in [5.41, 5.74) is 11.6. The van der Waals surface area contributed by atoms with E-state index in [0.29, 0.717) is 16.8 Å². The molecule has 230 valence electrons. The zero-order valence-electron chi connectivity index (χ0n) is 26.7. The fourth-order valence-electron chi connectivity index (χ4n) is 7.51. The minimum absolute atomic E-state index is 0.531. The number of aromatic nitrogens is 2. The molecule has 9 aromatic rings. The molecule has 0 atom stereocenters. The van der Waals surface area contributed by atoms with Crippen LogP contribution in [0.1, 0.15) is 11.1 Å². The Morgan fingerprint density at radius 1 is 0.500 bits per heavy atom. The molecule has 2 heterocycles. The summed E-state index contributed by atoms with van der Waals surface area (Å²) in [6.07, 6.45) is 0. The van der Waals surface area contributed by atoms with Gasteiger partial charge in [0.1, 0.15) is 0 Å². The summed E-state index contributed by atoms with van der Waals surface area (Å²) in [5.74, 6) is 0. The highest BCUT2D eigenvalue weighted by Gasteiger charge is 2.22. The van der Waals surface area contributed by atoms with Crippen molar-refractivity contribution in [3.63, 3.8) is 0 Å². The van der Waals surface area contributed by atoms with Gasteiger partial charge in [-0.3, -0.25) is 0 Å². The van der Waals surface area contributed by atoms with Crippen molar-refractivity contribution in [3.05, 3.63) is 174 Å². The van der Waals surface area contributed by atoms with E-state index in [2.05, 4.69) is 86.8 Å². The first-order valence-corrected chi connectivity index (χ1v) is 16.3. The van der Waals surface area contributed by atoms with Crippen LogP contribution in [0.4, 0.5) is 5.69 Å². The van der Waals surface area contributed by atoms with E-state index in [1.165, 1.54) is 0 Å². The van der Waals surface area contributed by atoms with Gasteiger partial charge in [0.2, 0.25) is 5.69 Å². The Kier molecular flexibility index (Phi) is 6.56. The van der Waals surface area contributed by atoms with E-state index in [4.69, 9.17) is 6.57 Å². The lowest BCUT2D eigenvalue weighted by atomic mass is 9.93. The van der Waals surface area contributed by atoms with Crippen LogP contribution in [0.2, 0.25) is 0 Å². The first kappa shape index (κ1) is 28.8. The molecule has 7 aromatic carbocycles. The van der Waals surface area contributed by atoms with Crippen molar-refractivity contribution in [2.24, 2.45) is 0 Å². The molecule has 0 aliphatic carbocycles. The summed E-state index contributed by atoms with van der Waals surface area (Å²) in [4.78, 5) is 4.02. The summed E-state index contributed by atoms with van der Waals surface area (Å²) >= 11 is 0. The monoisotopic (exact) mass is 635 g/mol. The first-order valence-electron chi connectivity index (χ1n) is 16.3. The molecule has 5 heteroatoms. The molecular formula is C45H25N5.